The standard InChI is InChI=1S/C18H19FN2O4/c19-14-7-3-12(4-8-14)10-20-16(22)17(23)21-11-18(24,13-5-6-13)15-2-1-9-25-15/h1-4,7-9,13,24H,5-6,10-11H2,(H,20,22)(H,21,23). The first-order chi connectivity index (χ1) is 12.0. The van der Waals surface area contributed by atoms with Crippen LogP contribution in [0.15, 0.2) is 47.1 Å². The summed E-state index contributed by atoms with van der Waals surface area (Å²) in [4.78, 5) is 23.8. The van der Waals surface area contributed by atoms with Crippen molar-refractivity contribution in [2.75, 3.05) is 6.54 Å². The molecule has 0 bridgehead atoms. The zero-order valence-electron chi connectivity index (χ0n) is 13.5. The fraction of sp³-hybridized carbons (Fsp3) is 0.333. The fourth-order valence-corrected chi connectivity index (χ4v) is 2.68. The zero-order valence-corrected chi connectivity index (χ0v) is 13.5. The van der Waals surface area contributed by atoms with Crippen molar-refractivity contribution >= 4 is 11.8 Å². The van der Waals surface area contributed by atoms with Gasteiger partial charge in [-0.15, -0.1) is 0 Å². The second kappa shape index (κ2) is 7.06. The van der Waals surface area contributed by atoms with Gasteiger partial charge < -0.3 is 20.2 Å². The van der Waals surface area contributed by atoms with Crippen molar-refractivity contribution in [3.63, 3.8) is 0 Å². The van der Waals surface area contributed by atoms with E-state index in [4.69, 9.17) is 4.42 Å². The number of carbonyl (C=O) groups is 2. The van der Waals surface area contributed by atoms with Crippen molar-refractivity contribution in [3.05, 3.63) is 59.8 Å². The van der Waals surface area contributed by atoms with E-state index in [9.17, 15) is 19.1 Å². The van der Waals surface area contributed by atoms with Crippen LogP contribution in [0.1, 0.15) is 24.2 Å². The van der Waals surface area contributed by atoms with Gasteiger partial charge in [-0.3, -0.25) is 9.59 Å². The zero-order chi connectivity index (χ0) is 17.9. The molecule has 1 saturated carbocycles. The summed E-state index contributed by atoms with van der Waals surface area (Å²) in [5, 5.41) is 15.7. The van der Waals surface area contributed by atoms with Crippen LogP contribution in [0, 0.1) is 11.7 Å². The van der Waals surface area contributed by atoms with Crippen LogP contribution < -0.4 is 10.6 Å². The number of nitrogens with one attached hydrogen (secondary N) is 2. The van der Waals surface area contributed by atoms with E-state index in [2.05, 4.69) is 10.6 Å². The highest BCUT2D eigenvalue weighted by atomic mass is 19.1. The van der Waals surface area contributed by atoms with E-state index in [0.717, 1.165) is 12.8 Å². The first-order valence-corrected chi connectivity index (χ1v) is 8.06. The SMILES string of the molecule is O=C(NCc1ccc(F)cc1)C(=O)NCC(O)(c1ccco1)C1CC1. The lowest BCUT2D eigenvalue weighted by Gasteiger charge is -2.26. The van der Waals surface area contributed by atoms with Gasteiger partial charge in [-0.1, -0.05) is 12.1 Å². The normalized spacial score (nSPS) is 16.1. The van der Waals surface area contributed by atoms with Crippen molar-refractivity contribution in [2.45, 2.75) is 25.0 Å². The Balaban J connectivity index is 1.52. The van der Waals surface area contributed by atoms with Crippen LogP contribution in [-0.4, -0.2) is 23.5 Å². The van der Waals surface area contributed by atoms with E-state index < -0.39 is 17.4 Å². The molecule has 3 rings (SSSR count). The minimum atomic E-state index is -1.31. The smallest absolute Gasteiger partial charge is 0.309 e. The molecule has 1 atom stereocenters. The molecule has 0 saturated heterocycles. The van der Waals surface area contributed by atoms with Gasteiger partial charge in [-0.05, 0) is 48.6 Å². The average Bonchev–Trinajstić information content (AvgIpc) is 3.33. The molecule has 2 amide bonds. The highest BCUT2D eigenvalue weighted by Crippen LogP contribution is 2.45. The van der Waals surface area contributed by atoms with Gasteiger partial charge in [0.15, 0.2) is 0 Å². The number of hydrogen-bond donors (Lipinski definition) is 3. The topological polar surface area (TPSA) is 91.6 Å². The Morgan fingerprint density at radius 1 is 1.16 bits per heavy atom. The number of rotatable bonds is 6. The maximum absolute atomic E-state index is 12.8. The second-order valence-corrected chi connectivity index (χ2v) is 6.17. The first-order valence-electron chi connectivity index (χ1n) is 8.06. The van der Waals surface area contributed by atoms with Gasteiger partial charge in [0.2, 0.25) is 0 Å². The van der Waals surface area contributed by atoms with Gasteiger partial charge >= 0.3 is 11.8 Å². The predicted octanol–water partition coefficient (Wildman–Crippen LogP) is 1.45. The molecule has 1 heterocycles. The molecule has 6 nitrogen and oxygen atoms in total. The molecule has 7 heteroatoms. The monoisotopic (exact) mass is 346 g/mol. The Labute approximate surface area is 144 Å². The number of furan rings is 1. The average molecular weight is 346 g/mol. The Bertz CT molecular complexity index is 741. The van der Waals surface area contributed by atoms with Crippen LogP contribution in [0.2, 0.25) is 0 Å². The van der Waals surface area contributed by atoms with Crippen molar-refractivity contribution in [1.29, 1.82) is 0 Å². The molecule has 3 N–H and O–H groups in total. The third kappa shape index (κ3) is 4.06. The summed E-state index contributed by atoms with van der Waals surface area (Å²) in [5.41, 5.74) is -0.635. The van der Waals surface area contributed by atoms with Crippen LogP contribution in [0.3, 0.4) is 0 Å². The van der Waals surface area contributed by atoms with Gasteiger partial charge in [0.25, 0.3) is 0 Å². The molecule has 25 heavy (non-hydrogen) atoms. The van der Waals surface area contributed by atoms with E-state index >= 15 is 0 Å². The maximum atomic E-state index is 12.8. The Hall–Kier alpha value is -2.67. The number of benzene rings is 1. The summed E-state index contributed by atoms with van der Waals surface area (Å²) in [6.07, 6.45) is 3.13. The lowest BCUT2D eigenvalue weighted by molar-refractivity contribution is -0.140. The Morgan fingerprint density at radius 3 is 2.44 bits per heavy atom. The van der Waals surface area contributed by atoms with E-state index in [-0.39, 0.29) is 24.8 Å². The van der Waals surface area contributed by atoms with Crippen molar-refractivity contribution < 1.29 is 23.5 Å². The van der Waals surface area contributed by atoms with Gasteiger partial charge in [0.1, 0.15) is 17.2 Å². The quantitative estimate of drug-likeness (QED) is 0.691. The molecule has 1 unspecified atom stereocenters. The summed E-state index contributed by atoms with van der Waals surface area (Å²) in [5.74, 6) is -1.65. The Morgan fingerprint density at radius 2 is 1.84 bits per heavy atom. The molecular formula is C18H19FN2O4. The lowest BCUT2D eigenvalue weighted by atomic mass is 9.94. The third-order valence-corrected chi connectivity index (χ3v) is 4.29. The molecule has 1 aliphatic rings. The lowest BCUT2D eigenvalue weighted by Crippen LogP contribution is -2.47. The van der Waals surface area contributed by atoms with Gasteiger partial charge in [-0.2, -0.15) is 0 Å². The summed E-state index contributed by atoms with van der Waals surface area (Å²) in [6.45, 7) is 0.00555. The molecule has 1 aliphatic carbocycles. The molecule has 0 aliphatic heterocycles. The largest absolute Gasteiger partial charge is 0.466 e. The highest BCUT2D eigenvalue weighted by molar-refractivity contribution is 6.35. The van der Waals surface area contributed by atoms with E-state index in [0.29, 0.717) is 11.3 Å². The molecule has 1 aromatic carbocycles. The predicted molar refractivity (Wildman–Crippen MR) is 86.6 cm³/mol. The molecule has 0 radical (unpaired) electrons. The van der Waals surface area contributed by atoms with Crippen LogP contribution in [-0.2, 0) is 21.7 Å². The molecule has 0 spiro atoms. The number of aliphatic hydroxyl groups is 1. The number of carbonyl (C=O) groups excluding carboxylic acids is 2. The molecule has 1 fully saturated rings. The van der Waals surface area contributed by atoms with Crippen molar-refractivity contribution in [2.24, 2.45) is 5.92 Å². The van der Waals surface area contributed by atoms with Gasteiger partial charge in [0, 0.05) is 6.54 Å². The van der Waals surface area contributed by atoms with Crippen molar-refractivity contribution in [3.8, 4) is 0 Å². The fourth-order valence-electron chi connectivity index (χ4n) is 2.68. The summed E-state index contributed by atoms with van der Waals surface area (Å²) in [6, 6.07) is 8.92. The third-order valence-electron chi connectivity index (χ3n) is 4.29. The van der Waals surface area contributed by atoms with Crippen LogP contribution in [0.4, 0.5) is 4.39 Å². The molecule has 2 aromatic rings. The Kier molecular flexibility index (Phi) is 4.85. The summed E-state index contributed by atoms with van der Waals surface area (Å²) < 4.78 is 18.1. The van der Waals surface area contributed by atoms with E-state index in [1.165, 1.54) is 30.5 Å². The molecular weight excluding hydrogens is 327 g/mol. The minimum Gasteiger partial charge on any atom is -0.466 e. The molecule has 1 aromatic heterocycles. The van der Waals surface area contributed by atoms with Crippen LogP contribution >= 0.6 is 0 Å². The summed E-state index contributed by atoms with van der Waals surface area (Å²) in [7, 11) is 0. The van der Waals surface area contributed by atoms with E-state index in [1.807, 2.05) is 0 Å². The van der Waals surface area contributed by atoms with Gasteiger partial charge in [0.05, 0.1) is 12.8 Å². The number of hydrogen-bond acceptors (Lipinski definition) is 4. The summed E-state index contributed by atoms with van der Waals surface area (Å²) >= 11 is 0. The van der Waals surface area contributed by atoms with E-state index in [1.54, 1.807) is 12.1 Å². The highest BCUT2D eigenvalue weighted by Gasteiger charge is 2.47. The number of amides is 2. The molecule has 132 valence electrons. The van der Waals surface area contributed by atoms with Gasteiger partial charge in [-0.25, -0.2) is 4.39 Å². The van der Waals surface area contributed by atoms with Crippen LogP contribution in [0.25, 0.3) is 0 Å². The second-order valence-electron chi connectivity index (χ2n) is 6.17. The number of halogens is 1. The minimum absolute atomic E-state index is 0.00114. The van der Waals surface area contributed by atoms with Crippen molar-refractivity contribution in [1.82, 2.24) is 10.6 Å². The maximum Gasteiger partial charge on any atom is 0.309 e. The van der Waals surface area contributed by atoms with Crippen LogP contribution in [0.5, 0.6) is 0 Å². The first kappa shape index (κ1) is 17.2.